The first-order valence-corrected chi connectivity index (χ1v) is 9.51. The minimum atomic E-state index is 0.155. The van der Waals surface area contributed by atoms with Crippen molar-refractivity contribution in [3.8, 4) is 0 Å². The molecule has 1 aromatic rings. The highest BCUT2D eigenvalue weighted by atomic mass is 16.2. The molecule has 2 fully saturated rings. The predicted molar refractivity (Wildman–Crippen MR) is 97.6 cm³/mol. The summed E-state index contributed by atoms with van der Waals surface area (Å²) in [5, 5.41) is 0. The van der Waals surface area contributed by atoms with Gasteiger partial charge in [-0.05, 0) is 57.3 Å². The van der Waals surface area contributed by atoms with E-state index in [1.54, 1.807) is 0 Å². The van der Waals surface area contributed by atoms with E-state index in [4.69, 9.17) is 0 Å². The summed E-state index contributed by atoms with van der Waals surface area (Å²) in [6.45, 7) is 9.15. The van der Waals surface area contributed by atoms with Crippen LogP contribution in [-0.4, -0.2) is 66.5 Å². The molecule has 3 heterocycles. The zero-order chi connectivity index (χ0) is 16.8. The lowest BCUT2D eigenvalue weighted by Crippen LogP contribution is -2.37. The Hall–Kier alpha value is -1.62. The fourth-order valence-corrected chi connectivity index (χ4v) is 3.81. The van der Waals surface area contributed by atoms with Gasteiger partial charge >= 0.3 is 0 Å². The molecule has 0 saturated carbocycles. The fraction of sp³-hybridized carbons (Fsp3) is 0.684. The Morgan fingerprint density at radius 3 is 2.67 bits per heavy atom. The largest absolute Gasteiger partial charge is 0.356 e. The van der Waals surface area contributed by atoms with Crippen LogP contribution in [0, 0.1) is 0 Å². The highest BCUT2D eigenvalue weighted by Crippen LogP contribution is 2.23. The molecule has 0 spiro atoms. The number of piperidine rings is 1. The van der Waals surface area contributed by atoms with Crippen LogP contribution in [0.2, 0.25) is 0 Å². The van der Waals surface area contributed by atoms with Crippen LogP contribution >= 0.6 is 0 Å². The van der Waals surface area contributed by atoms with Gasteiger partial charge in [0.1, 0.15) is 5.82 Å². The summed E-state index contributed by atoms with van der Waals surface area (Å²) in [5.41, 5.74) is 0.781. The number of carbonyl (C=O) groups is 1. The molecule has 2 saturated heterocycles. The molecular weight excluding hydrogens is 300 g/mol. The Balaban J connectivity index is 1.72. The molecular formula is C19H30N4O. The quantitative estimate of drug-likeness (QED) is 0.851. The van der Waals surface area contributed by atoms with Crippen molar-refractivity contribution in [1.82, 2.24) is 14.8 Å². The Morgan fingerprint density at radius 2 is 1.88 bits per heavy atom. The van der Waals surface area contributed by atoms with Crippen LogP contribution in [0.4, 0.5) is 5.82 Å². The standard InChI is InChI=1S/C19H30N4O/c1-2-10-21-11-7-14-23(16-15-21)19(24)17-8-6-9-20-18(17)22-12-4-3-5-13-22/h6,8-9H,2-5,7,10-16H2,1H3. The summed E-state index contributed by atoms with van der Waals surface area (Å²) in [6.07, 6.45) is 7.72. The second kappa shape index (κ2) is 8.47. The summed E-state index contributed by atoms with van der Waals surface area (Å²) in [7, 11) is 0. The van der Waals surface area contributed by atoms with Crippen molar-refractivity contribution >= 4 is 11.7 Å². The predicted octanol–water partition coefficient (Wildman–Crippen LogP) is 2.63. The van der Waals surface area contributed by atoms with Crippen LogP contribution in [0.25, 0.3) is 0 Å². The molecule has 0 atom stereocenters. The summed E-state index contributed by atoms with van der Waals surface area (Å²) in [6, 6.07) is 3.84. The molecule has 0 aromatic carbocycles. The number of hydrogen-bond donors (Lipinski definition) is 0. The Kier molecular flexibility index (Phi) is 6.07. The molecule has 1 aromatic heterocycles. The zero-order valence-corrected chi connectivity index (χ0v) is 14.9. The number of aromatic nitrogens is 1. The number of pyridine rings is 1. The Labute approximate surface area is 145 Å². The van der Waals surface area contributed by atoms with Gasteiger partial charge in [-0.1, -0.05) is 6.92 Å². The van der Waals surface area contributed by atoms with Crippen LogP contribution < -0.4 is 4.90 Å². The third-order valence-electron chi connectivity index (χ3n) is 5.09. The Bertz CT molecular complexity index is 542. The molecule has 0 N–H and O–H groups in total. The maximum Gasteiger partial charge on any atom is 0.257 e. The second-order valence-electron chi connectivity index (χ2n) is 6.91. The van der Waals surface area contributed by atoms with E-state index >= 15 is 0 Å². The van der Waals surface area contributed by atoms with E-state index in [0.29, 0.717) is 0 Å². The molecule has 0 unspecified atom stereocenters. The van der Waals surface area contributed by atoms with Crippen LogP contribution in [0.1, 0.15) is 49.4 Å². The van der Waals surface area contributed by atoms with E-state index in [9.17, 15) is 4.79 Å². The molecule has 5 heteroatoms. The van der Waals surface area contributed by atoms with Crippen molar-refractivity contribution in [3.63, 3.8) is 0 Å². The van der Waals surface area contributed by atoms with Crippen molar-refractivity contribution in [2.24, 2.45) is 0 Å². The molecule has 24 heavy (non-hydrogen) atoms. The maximum absolute atomic E-state index is 13.1. The van der Waals surface area contributed by atoms with Crippen molar-refractivity contribution in [2.75, 3.05) is 50.7 Å². The average Bonchev–Trinajstić information content (AvgIpc) is 2.88. The van der Waals surface area contributed by atoms with Crippen molar-refractivity contribution in [1.29, 1.82) is 0 Å². The lowest BCUT2D eigenvalue weighted by Gasteiger charge is -2.30. The molecule has 0 radical (unpaired) electrons. The first-order chi connectivity index (χ1) is 11.8. The minimum absolute atomic E-state index is 0.155. The van der Waals surface area contributed by atoms with E-state index in [1.807, 2.05) is 23.2 Å². The van der Waals surface area contributed by atoms with Gasteiger partial charge in [-0.25, -0.2) is 4.98 Å². The lowest BCUT2D eigenvalue weighted by atomic mass is 10.1. The summed E-state index contributed by atoms with van der Waals surface area (Å²) in [5.74, 6) is 1.04. The summed E-state index contributed by atoms with van der Waals surface area (Å²) >= 11 is 0. The van der Waals surface area contributed by atoms with Gasteiger partial charge in [0, 0.05) is 38.9 Å². The monoisotopic (exact) mass is 330 g/mol. The molecule has 1 amide bonds. The van der Waals surface area contributed by atoms with E-state index in [-0.39, 0.29) is 5.91 Å². The van der Waals surface area contributed by atoms with Gasteiger partial charge in [0.05, 0.1) is 5.56 Å². The van der Waals surface area contributed by atoms with Gasteiger partial charge in [0.15, 0.2) is 0 Å². The van der Waals surface area contributed by atoms with Crippen LogP contribution in [0.5, 0.6) is 0 Å². The van der Waals surface area contributed by atoms with E-state index in [2.05, 4.69) is 21.7 Å². The van der Waals surface area contributed by atoms with Crippen molar-refractivity contribution < 1.29 is 4.79 Å². The van der Waals surface area contributed by atoms with Crippen molar-refractivity contribution in [3.05, 3.63) is 23.9 Å². The van der Waals surface area contributed by atoms with Gasteiger partial charge < -0.3 is 14.7 Å². The molecule has 3 rings (SSSR count). The lowest BCUT2D eigenvalue weighted by molar-refractivity contribution is 0.0761. The summed E-state index contributed by atoms with van der Waals surface area (Å²) in [4.78, 5) is 24.5. The first kappa shape index (κ1) is 17.2. The third-order valence-corrected chi connectivity index (χ3v) is 5.09. The number of anilines is 1. The highest BCUT2D eigenvalue weighted by molar-refractivity contribution is 5.99. The first-order valence-electron chi connectivity index (χ1n) is 9.51. The van der Waals surface area contributed by atoms with Crippen LogP contribution in [-0.2, 0) is 0 Å². The number of carbonyl (C=O) groups excluding carboxylic acids is 1. The van der Waals surface area contributed by atoms with Gasteiger partial charge in [-0.3, -0.25) is 4.79 Å². The summed E-state index contributed by atoms with van der Waals surface area (Å²) < 4.78 is 0. The van der Waals surface area contributed by atoms with Gasteiger partial charge in [0.25, 0.3) is 5.91 Å². The second-order valence-corrected chi connectivity index (χ2v) is 6.91. The minimum Gasteiger partial charge on any atom is -0.356 e. The third kappa shape index (κ3) is 4.07. The SMILES string of the molecule is CCCN1CCCN(C(=O)c2cccnc2N2CCCCC2)CC1. The number of rotatable bonds is 4. The number of hydrogen-bond acceptors (Lipinski definition) is 4. The molecule has 2 aliphatic rings. The van der Waals surface area contributed by atoms with E-state index < -0.39 is 0 Å². The maximum atomic E-state index is 13.1. The van der Waals surface area contributed by atoms with E-state index in [0.717, 1.165) is 63.6 Å². The molecule has 2 aliphatic heterocycles. The fourth-order valence-electron chi connectivity index (χ4n) is 3.81. The molecule has 0 bridgehead atoms. The number of nitrogens with zero attached hydrogens (tertiary/aromatic N) is 4. The average molecular weight is 330 g/mol. The molecule has 0 aliphatic carbocycles. The van der Waals surface area contributed by atoms with Crippen LogP contribution in [0.15, 0.2) is 18.3 Å². The zero-order valence-electron chi connectivity index (χ0n) is 14.9. The number of amides is 1. The van der Waals surface area contributed by atoms with Gasteiger partial charge in [-0.2, -0.15) is 0 Å². The normalized spacial score (nSPS) is 20.0. The molecule has 5 nitrogen and oxygen atoms in total. The van der Waals surface area contributed by atoms with Gasteiger partial charge in [-0.15, -0.1) is 0 Å². The topological polar surface area (TPSA) is 39.7 Å². The van der Waals surface area contributed by atoms with Crippen molar-refractivity contribution in [2.45, 2.75) is 39.0 Å². The smallest absolute Gasteiger partial charge is 0.257 e. The molecule has 132 valence electrons. The Morgan fingerprint density at radius 1 is 1.04 bits per heavy atom. The van der Waals surface area contributed by atoms with Crippen LogP contribution in [0.3, 0.4) is 0 Å². The van der Waals surface area contributed by atoms with E-state index in [1.165, 1.54) is 25.7 Å². The highest BCUT2D eigenvalue weighted by Gasteiger charge is 2.25. The van der Waals surface area contributed by atoms with Gasteiger partial charge in [0.2, 0.25) is 0 Å².